The summed E-state index contributed by atoms with van der Waals surface area (Å²) in [5.41, 5.74) is 2.11. The van der Waals surface area contributed by atoms with Gasteiger partial charge in [-0.05, 0) is 30.5 Å². The number of nitrogens with zero attached hydrogens (tertiary/aromatic N) is 4. The number of hydrogen-bond donors (Lipinski definition) is 0. The molecule has 1 amide bonds. The Morgan fingerprint density at radius 2 is 1.66 bits per heavy atom. The first-order chi connectivity index (χ1) is 14.2. The maximum Gasteiger partial charge on any atom is 0.241 e. The van der Waals surface area contributed by atoms with Crippen molar-refractivity contribution in [2.75, 3.05) is 44.2 Å². The summed E-state index contributed by atoms with van der Waals surface area (Å²) >= 11 is 0. The zero-order valence-corrected chi connectivity index (χ0v) is 17.0. The summed E-state index contributed by atoms with van der Waals surface area (Å²) in [6.45, 7) is 7.80. The van der Waals surface area contributed by atoms with Crippen LogP contribution in [0.3, 0.4) is 0 Å². The lowest BCUT2D eigenvalue weighted by molar-refractivity contribution is -0.120. The normalized spacial score (nSPS) is 15.5. The van der Waals surface area contributed by atoms with Crippen LogP contribution in [-0.4, -0.2) is 60.0 Å². The smallest absolute Gasteiger partial charge is 0.241 e. The van der Waals surface area contributed by atoms with Crippen LogP contribution in [0.1, 0.15) is 12.6 Å². The van der Waals surface area contributed by atoms with Crippen molar-refractivity contribution in [1.82, 2.24) is 14.8 Å². The van der Waals surface area contributed by atoms with Gasteiger partial charge < -0.3 is 4.90 Å². The van der Waals surface area contributed by atoms with Crippen LogP contribution in [0.15, 0.2) is 66.9 Å². The second kappa shape index (κ2) is 9.16. The van der Waals surface area contributed by atoms with E-state index in [4.69, 9.17) is 0 Å². The minimum atomic E-state index is 0.169. The number of fused-ring (bicyclic) bond motifs is 1. The first kappa shape index (κ1) is 19.6. The molecule has 0 spiro atoms. The molecule has 0 bridgehead atoms. The van der Waals surface area contributed by atoms with Gasteiger partial charge >= 0.3 is 0 Å². The molecule has 0 N–H and O–H groups in total. The van der Waals surface area contributed by atoms with Crippen LogP contribution >= 0.6 is 0 Å². The van der Waals surface area contributed by atoms with Crippen LogP contribution in [0, 0.1) is 0 Å². The molecule has 3 aromatic rings. The van der Waals surface area contributed by atoms with Crippen molar-refractivity contribution in [3.05, 3.63) is 72.6 Å². The summed E-state index contributed by atoms with van der Waals surface area (Å²) in [7, 11) is 0. The predicted octanol–water partition coefficient (Wildman–Crippen LogP) is 3.41. The van der Waals surface area contributed by atoms with E-state index in [0.29, 0.717) is 13.1 Å². The number of rotatable bonds is 6. The molecule has 0 atom stereocenters. The number of hydrogen-bond acceptors (Lipinski definition) is 4. The Morgan fingerprint density at radius 1 is 0.931 bits per heavy atom. The van der Waals surface area contributed by atoms with Gasteiger partial charge in [0.05, 0.1) is 17.9 Å². The monoisotopic (exact) mass is 388 g/mol. The molecule has 1 aromatic heterocycles. The van der Waals surface area contributed by atoms with Crippen molar-refractivity contribution in [2.45, 2.75) is 13.5 Å². The maximum atomic E-state index is 13.1. The number of amides is 1. The van der Waals surface area contributed by atoms with E-state index >= 15 is 0 Å². The Bertz CT molecular complexity index is 946. The average molecular weight is 389 g/mol. The first-order valence-corrected chi connectivity index (χ1v) is 10.4. The van der Waals surface area contributed by atoms with Crippen molar-refractivity contribution in [3.63, 3.8) is 0 Å². The summed E-state index contributed by atoms with van der Waals surface area (Å²) in [6.07, 6.45) is 1.84. The molecule has 1 fully saturated rings. The van der Waals surface area contributed by atoms with E-state index in [1.165, 1.54) is 5.39 Å². The molecule has 1 saturated heterocycles. The third-order valence-corrected chi connectivity index (χ3v) is 5.61. The van der Waals surface area contributed by atoms with E-state index in [9.17, 15) is 4.79 Å². The van der Waals surface area contributed by atoms with Crippen LogP contribution in [0.4, 0.5) is 5.69 Å². The van der Waals surface area contributed by atoms with E-state index in [-0.39, 0.29) is 5.91 Å². The van der Waals surface area contributed by atoms with Crippen LogP contribution in [0.25, 0.3) is 10.8 Å². The van der Waals surface area contributed by atoms with Gasteiger partial charge in [-0.15, -0.1) is 0 Å². The number of pyridine rings is 1. The van der Waals surface area contributed by atoms with Gasteiger partial charge in [-0.3, -0.25) is 19.6 Å². The lowest BCUT2D eigenvalue weighted by Crippen LogP contribution is -2.49. The molecule has 5 heteroatoms. The Balaban J connectivity index is 1.37. The molecule has 1 aliphatic heterocycles. The van der Waals surface area contributed by atoms with Crippen LogP contribution in [0.2, 0.25) is 0 Å². The van der Waals surface area contributed by atoms with Crippen molar-refractivity contribution in [1.29, 1.82) is 0 Å². The molecular weight excluding hydrogens is 360 g/mol. The second-order valence-corrected chi connectivity index (χ2v) is 7.51. The second-order valence-electron chi connectivity index (χ2n) is 7.51. The van der Waals surface area contributed by atoms with Crippen molar-refractivity contribution in [3.8, 4) is 0 Å². The molecule has 0 saturated carbocycles. The predicted molar refractivity (Wildman–Crippen MR) is 118 cm³/mol. The van der Waals surface area contributed by atoms with Crippen molar-refractivity contribution < 1.29 is 4.79 Å². The maximum absolute atomic E-state index is 13.1. The van der Waals surface area contributed by atoms with E-state index in [2.05, 4.69) is 45.1 Å². The van der Waals surface area contributed by atoms with Gasteiger partial charge in [0, 0.05) is 50.9 Å². The molecule has 0 radical (unpaired) electrons. The quantitative estimate of drug-likeness (QED) is 0.649. The highest BCUT2D eigenvalue weighted by Gasteiger charge is 2.23. The molecule has 2 heterocycles. The number of benzene rings is 2. The highest BCUT2D eigenvalue weighted by Crippen LogP contribution is 2.26. The number of carbonyl (C=O) groups is 1. The summed E-state index contributed by atoms with van der Waals surface area (Å²) in [6, 6.07) is 20.5. The van der Waals surface area contributed by atoms with Crippen LogP contribution in [0.5, 0.6) is 0 Å². The third kappa shape index (κ3) is 4.63. The SMILES string of the molecule is CCN(C(=O)CN1CCN(Cc2ccccn2)CC1)c1cccc2ccccc12. The fraction of sp³-hybridized carbons (Fsp3) is 0.333. The van der Waals surface area contributed by atoms with E-state index in [1.807, 2.05) is 48.4 Å². The average Bonchev–Trinajstić information content (AvgIpc) is 2.76. The van der Waals surface area contributed by atoms with Crippen LogP contribution in [-0.2, 0) is 11.3 Å². The number of carbonyl (C=O) groups excluding carboxylic acids is 1. The standard InChI is InChI=1S/C24H28N4O/c1-2-28(23-12-7-9-20-8-3-4-11-22(20)23)24(29)19-27-16-14-26(15-17-27)18-21-10-5-6-13-25-21/h3-13H,2,14-19H2,1H3. The van der Waals surface area contributed by atoms with Gasteiger partial charge in [-0.25, -0.2) is 0 Å². The molecular formula is C24H28N4O. The summed E-state index contributed by atoms with van der Waals surface area (Å²) < 4.78 is 0. The van der Waals surface area contributed by atoms with E-state index in [0.717, 1.165) is 49.5 Å². The minimum absolute atomic E-state index is 0.169. The van der Waals surface area contributed by atoms with Gasteiger partial charge in [0.2, 0.25) is 5.91 Å². The summed E-state index contributed by atoms with van der Waals surface area (Å²) in [5.74, 6) is 0.169. The Kier molecular flexibility index (Phi) is 6.17. The Morgan fingerprint density at radius 3 is 2.41 bits per heavy atom. The molecule has 5 nitrogen and oxygen atoms in total. The molecule has 0 unspecified atom stereocenters. The number of aromatic nitrogens is 1. The topological polar surface area (TPSA) is 39.7 Å². The largest absolute Gasteiger partial charge is 0.311 e. The first-order valence-electron chi connectivity index (χ1n) is 10.4. The minimum Gasteiger partial charge on any atom is -0.311 e. The zero-order valence-electron chi connectivity index (χ0n) is 17.0. The number of likely N-dealkylation sites (N-methyl/N-ethyl adjacent to an activating group) is 1. The van der Waals surface area contributed by atoms with Crippen LogP contribution < -0.4 is 4.90 Å². The lowest BCUT2D eigenvalue weighted by atomic mass is 10.1. The highest BCUT2D eigenvalue weighted by molar-refractivity contribution is 6.04. The zero-order chi connectivity index (χ0) is 20.1. The summed E-state index contributed by atoms with van der Waals surface area (Å²) in [5, 5.41) is 2.30. The molecule has 150 valence electrons. The van der Waals surface area contributed by atoms with Gasteiger partial charge in [0.1, 0.15) is 0 Å². The van der Waals surface area contributed by atoms with Crippen molar-refractivity contribution >= 4 is 22.4 Å². The number of piperazine rings is 1. The van der Waals surface area contributed by atoms with Crippen molar-refractivity contribution in [2.24, 2.45) is 0 Å². The Labute approximate surface area is 172 Å². The van der Waals surface area contributed by atoms with E-state index in [1.54, 1.807) is 0 Å². The molecule has 1 aliphatic rings. The van der Waals surface area contributed by atoms with Gasteiger partial charge in [0.25, 0.3) is 0 Å². The third-order valence-electron chi connectivity index (χ3n) is 5.61. The highest BCUT2D eigenvalue weighted by atomic mass is 16.2. The molecule has 2 aromatic carbocycles. The fourth-order valence-corrected chi connectivity index (χ4v) is 4.03. The molecule has 0 aliphatic carbocycles. The van der Waals surface area contributed by atoms with Gasteiger partial charge in [0.15, 0.2) is 0 Å². The molecule has 29 heavy (non-hydrogen) atoms. The lowest BCUT2D eigenvalue weighted by Gasteiger charge is -2.35. The Hall–Kier alpha value is -2.76. The molecule has 4 rings (SSSR count). The summed E-state index contributed by atoms with van der Waals surface area (Å²) in [4.78, 5) is 24.1. The number of anilines is 1. The van der Waals surface area contributed by atoms with Gasteiger partial charge in [-0.1, -0.05) is 42.5 Å². The fourth-order valence-electron chi connectivity index (χ4n) is 4.03. The van der Waals surface area contributed by atoms with E-state index < -0.39 is 0 Å². The van der Waals surface area contributed by atoms with Gasteiger partial charge in [-0.2, -0.15) is 0 Å².